The van der Waals surface area contributed by atoms with Crippen LogP contribution in [0.4, 0.5) is 10.3 Å². The van der Waals surface area contributed by atoms with Crippen LogP contribution in [-0.4, -0.2) is 70.6 Å². The van der Waals surface area contributed by atoms with Gasteiger partial charge < -0.3 is 29.8 Å². The molecule has 0 atom stereocenters. The monoisotopic (exact) mass is 547 g/mol. The average molecular weight is 548 g/mol. The number of H-pyrrole nitrogens is 1. The van der Waals surface area contributed by atoms with E-state index in [4.69, 9.17) is 19.2 Å². The van der Waals surface area contributed by atoms with E-state index < -0.39 is 12.2 Å². The molecule has 3 aromatic heterocycles. The first-order chi connectivity index (χ1) is 19.6. The molecule has 1 aliphatic rings. The summed E-state index contributed by atoms with van der Waals surface area (Å²) < 4.78 is 30.3. The number of carbonyl (C=O) groups is 1. The van der Waals surface area contributed by atoms with Crippen LogP contribution in [-0.2, 0) is 32.0 Å². The van der Waals surface area contributed by atoms with Crippen LogP contribution in [0.15, 0.2) is 61.1 Å². The Morgan fingerprint density at radius 1 is 1.12 bits per heavy atom. The maximum atomic E-state index is 13.7. The van der Waals surface area contributed by atoms with Crippen LogP contribution in [0.3, 0.4) is 0 Å². The van der Waals surface area contributed by atoms with Gasteiger partial charge in [0.25, 0.3) is 0 Å². The highest BCUT2D eigenvalue weighted by Crippen LogP contribution is 2.30. The number of imidazole rings is 1. The first-order valence-electron chi connectivity index (χ1n) is 12.9. The van der Waals surface area contributed by atoms with E-state index in [1.165, 1.54) is 12.1 Å². The molecule has 1 saturated heterocycles. The van der Waals surface area contributed by atoms with E-state index in [9.17, 15) is 9.18 Å². The molecule has 5 rings (SSSR count). The van der Waals surface area contributed by atoms with E-state index in [0.717, 1.165) is 11.1 Å². The molecular weight excluding hydrogens is 517 g/mol. The zero-order chi connectivity index (χ0) is 27.7. The van der Waals surface area contributed by atoms with Gasteiger partial charge in [-0.05, 0) is 42.0 Å². The van der Waals surface area contributed by atoms with Gasteiger partial charge in [0.2, 0.25) is 11.9 Å². The van der Waals surface area contributed by atoms with Gasteiger partial charge in [-0.3, -0.25) is 9.78 Å². The highest BCUT2D eigenvalue weighted by molar-refractivity contribution is 5.79. The van der Waals surface area contributed by atoms with Gasteiger partial charge in [-0.15, -0.1) is 0 Å². The molecular formula is C28H30FN7O4. The van der Waals surface area contributed by atoms with Gasteiger partial charge in [0, 0.05) is 44.4 Å². The second-order valence-corrected chi connectivity index (χ2v) is 9.18. The van der Waals surface area contributed by atoms with Crippen molar-refractivity contribution in [3.8, 4) is 22.6 Å². The molecule has 0 bridgehead atoms. The number of amides is 1. The van der Waals surface area contributed by atoms with Crippen LogP contribution < -0.4 is 10.6 Å². The molecule has 4 heterocycles. The minimum atomic E-state index is -0.579. The van der Waals surface area contributed by atoms with Crippen LogP contribution >= 0.6 is 0 Å². The Hall–Kier alpha value is -4.26. The minimum absolute atomic E-state index is 0.133. The average Bonchev–Trinajstić information content (AvgIpc) is 3.41. The number of nitrogens with zero attached hydrogens (tertiary/aromatic N) is 4. The number of anilines is 1. The fourth-order valence-electron chi connectivity index (χ4n) is 4.18. The number of hydrogen-bond acceptors (Lipinski definition) is 9. The van der Waals surface area contributed by atoms with Crippen molar-refractivity contribution in [2.75, 3.05) is 38.8 Å². The third-order valence-corrected chi connectivity index (χ3v) is 6.26. The number of aromatic amines is 1. The van der Waals surface area contributed by atoms with E-state index >= 15 is 0 Å². The predicted octanol–water partition coefficient (Wildman–Crippen LogP) is 2.97. The molecule has 1 fully saturated rings. The fourth-order valence-corrected chi connectivity index (χ4v) is 4.18. The Morgan fingerprint density at radius 3 is 2.70 bits per heavy atom. The van der Waals surface area contributed by atoms with Gasteiger partial charge in [0.1, 0.15) is 11.6 Å². The topological polar surface area (TPSA) is 136 Å². The molecule has 0 saturated carbocycles. The molecule has 1 aliphatic heterocycles. The second-order valence-electron chi connectivity index (χ2n) is 9.18. The van der Waals surface area contributed by atoms with Crippen LogP contribution in [0.1, 0.15) is 11.4 Å². The Labute approximate surface area is 230 Å². The van der Waals surface area contributed by atoms with Gasteiger partial charge in [-0.25, -0.2) is 19.3 Å². The predicted molar refractivity (Wildman–Crippen MR) is 144 cm³/mol. The standard InChI is InChI=1S/C28H30FN7O4/c1-38-12-11-31-27(37)20-16-39-24(40-17-20)13-23-35-25(19-4-6-21(29)7-5-19)26(36-23)22-8-10-32-28(34-22)33-15-18-3-2-9-30-14-18/h2-10,14,20,24H,11-13,15-17H2,1H3,(H,31,37)(H,35,36)(H,32,33,34). The molecule has 0 unspecified atom stereocenters. The number of halogens is 1. The summed E-state index contributed by atoms with van der Waals surface area (Å²) in [5.74, 6) is 0.177. The quantitative estimate of drug-likeness (QED) is 0.242. The largest absolute Gasteiger partial charge is 0.383 e. The number of pyridine rings is 1. The van der Waals surface area contributed by atoms with Gasteiger partial charge >= 0.3 is 0 Å². The lowest BCUT2D eigenvalue weighted by Gasteiger charge is -2.28. The summed E-state index contributed by atoms with van der Waals surface area (Å²) in [5.41, 5.74) is 3.59. The third-order valence-electron chi connectivity index (χ3n) is 6.26. The zero-order valence-corrected chi connectivity index (χ0v) is 22.0. The van der Waals surface area contributed by atoms with E-state index in [1.807, 2.05) is 12.1 Å². The molecule has 12 heteroatoms. The summed E-state index contributed by atoms with van der Waals surface area (Å²) in [6, 6.07) is 11.7. The Balaban J connectivity index is 1.31. The third kappa shape index (κ3) is 7.03. The SMILES string of the molecule is COCCNC(=O)C1COC(Cc2nc(-c3ccc(F)cc3)c(-c3ccnc(NCc4cccnc4)n3)[nH]2)OC1. The molecule has 0 aliphatic carbocycles. The van der Waals surface area contributed by atoms with Crippen LogP contribution in [0.5, 0.6) is 0 Å². The van der Waals surface area contributed by atoms with Gasteiger partial charge in [0.05, 0.1) is 49.2 Å². The Bertz CT molecular complexity index is 1390. The lowest BCUT2D eigenvalue weighted by atomic mass is 10.1. The van der Waals surface area contributed by atoms with Crippen LogP contribution in [0.25, 0.3) is 22.6 Å². The summed E-state index contributed by atoms with van der Waals surface area (Å²) in [4.78, 5) is 33.6. The van der Waals surface area contributed by atoms with Crippen LogP contribution in [0.2, 0.25) is 0 Å². The van der Waals surface area contributed by atoms with Crippen molar-refractivity contribution in [2.45, 2.75) is 19.3 Å². The second kappa shape index (κ2) is 13.2. The van der Waals surface area contributed by atoms with Crippen molar-refractivity contribution in [2.24, 2.45) is 5.92 Å². The molecule has 0 radical (unpaired) electrons. The summed E-state index contributed by atoms with van der Waals surface area (Å²) in [6.07, 6.45) is 4.90. The fraction of sp³-hybridized carbons (Fsp3) is 0.321. The number of aromatic nitrogens is 5. The summed E-state index contributed by atoms with van der Waals surface area (Å²) in [5, 5.41) is 6.02. The Kier molecular flexibility index (Phi) is 9.01. The summed E-state index contributed by atoms with van der Waals surface area (Å²) in [7, 11) is 1.58. The summed E-state index contributed by atoms with van der Waals surface area (Å²) in [6.45, 7) is 1.85. The van der Waals surface area contributed by atoms with Gasteiger partial charge in [-0.2, -0.15) is 0 Å². The van der Waals surface area contributed by atoms with Crippen molar-refractivity contribution in [3.63, 3.8) is 0 Å². The normalized spacial score (nSPS) is 16.9. The Morgan fingerprint density at radius 2 is 1.95 bits per heavy atom. The van der Waals surface area contributed by atoms with E-state index in [2.05, 4.69) is 30.6 Å². The molecule has 4 aromatic rings. The number of rotatable bonds is 11. The van der Waals surface area contributed by atoms with E-state index in [1.54, 1.807) is 43.9 Å². The number of carbonyl (C=O) groups excluding carboxylic acids is 1. The smallest absolute Gasteiger partial charge is 0.227 e. The number of nitrogens with one attached hydrogen (secondary N) is 3. The highest BCUT2D eigenvalue weighted by Gasteiger charge is 2.29. The van der Waals surface area contributed by atoms with Gasteiger partial charge in [-0.1, -0.05) is 6.07 Å². The first-order valence-corrected chi connectivity index (χ1v) is 12.9. The number of ether oxygens (including phenoxy) is 3. The molecule has 40 heavy (non-hydrogen) atoms. The van der Waals surface area contributed by atoms with Crippen molar-refractivity contribution >= 4 is 11.9 Å². The van der Waals surface area contributed by atoms with Crippen molar-refractivity contribution in [3.05, 3.63) is 78.3 Å². The maximum Gasteiger partial charge on any atom is 0.227 e. The lowest BCUT2D eigenvalue weighted by molar-refractivity contribution is -0.200. The molecule has 1 amide bonds. The number of hydrogen-bond donors (Lipinski definition) is 3. The van der Waals surface area contributed by atoms with Crippen molar-refractivity contribution in [1.82, 2.24) is 30.2 Å². The minimum Gasteiger partial charge on any atom is -0.383 e. The summed E-state index contributed by atoms with van der Waals surface area (Å²) >= 11 is 0. The maximum absolute atomic E-state index is 13.7. The molecule has 3 N–H and O–H groups in total. The molecule has 0 spiro atoms. The number of methoxy groups -OCH3 is 1. The van der Waals surface area contributed by atoms with E-state index in [-0.39, 0.29) is 24.9 Å². The molecule has 11 nitrogen and oxygen atoms in total. The number of benzene rings is 1. The van der Waals surface area contributed by atoms with Gasteiger partial charge in [0.15, 0.2) is 6.29 Å². The lowest BCUT2D eigenvalue weighted by Crippen LogP contribution is -2.43. The van der Waals surface area contributed by atoms with Crippen LogP contribution in [0, 0.1) is 11.7 Å². The van der Waals surface area contributed by atoms with Crippen molar-refractivity contribution in [1.29, 1.82) is 0 Å². The zero-order valence-electron chi connectivity index (χ0n) is 22.0. The van der Waals surface area contributed by atoms with E-state index in [0.29, 0.717) is 55.0 Å². The molecule has 1 aromatic carbocycles. The first kappa shape index (κ1) is 27.3. The molecule has 208 valence electrons. The highest BCUT2D eigenvalue weighted by atomic mass is 19.1. The van der Waals surface area contributed by atoms with Crippen molar-refractivity contribution < 1.29 is 23.4 Å².